The molecule has 2 fully saturated rings. The van der Waals surface area contributed by atoms with Crippen LogP contribution in [0.1, 0.15) is 0 Å². The van der Waals surface area contributed by atoms with E-state index in [1.807, 2.05) is 0 Å². The van der Waals surface area contributed by atoms with E-state index in [-0.39, 0.29) is 16.8 Å². The van der Waals surface area contributed by atoms with Crippen LogP contribution in [0.4, 0.5) is 5.69 Å². The van der Waals surface area contributed by atoms with Gasteiger partial charge < -0.3 is 14.7 Å². The molecule has 2 aliphatic rings. The Bertz CT molecular complexity index is 921. The molecule has 1 aromatic carbocycles. The van der Waals surface area contributed by atoms with Crippen LogP contribution in [0.2, 0.25) is 10.0 Å². The number of sulfone groups is 1. The van der Waals surface area contributed by atoms with Gasteiger partial charge in [0.05, 0.1) is 28.3 Å². The quantitative estimate of drug-likeness (QED) is 0.717. The minimum absolute atomic E-state index is 0.0211. The van der Waals surface area contributed by atoms with E-state index in [9.17, 15) is 18.0 Å². The molecule has 0 radical (unpaired) electrons. The highest BCUT2D eigenvalue weighted by Crippen LogP contribution is 2.43. The number of fused-ring (bicyclic) bond motifs is 1. The summed E-state index contributed by atoms with van der Waals surface area (Å²) >= 11 is 13.4. The molecule has 3 rings (SSSR count). The smallest absolute Gasteiger partial charge is 0.329 e. The van der Waals surface area contributed by atoms with Crippen LogP contribution in [0.15, 0.2) is 23.2 Å². The summed E-state index contributed by atoms with van der Waals surface area (Å²) in [7, 11) is -3.20. The number of rotatable bonds is 5. The van der Waals surface area contributed by atoms with Gasteiger partial charge in [0.25, 0.3) is 5.91 Å². The molecule has 0 aromatic heterocycles. The number of anilines is 1. The van der Waals surface area contributed by atoms with E-state index in [0.29, 0.717) is 20.9 Å². The van der Waals surface area contributed by atoms with Gasteiger partial charge in [0.15, 0.2) is 15.0 Å². The molecule has 0 saturated carbocycles. The van der Waals surface area contributed by atoms with Crippen molar-refractivity contribution in [3.63, 3.8) is 0 Å². The number of halogens is 2. The number of carbonyl (C=O) groups is 2. The number of hydrogen-bond acceptors (Lipinski definition) is 6. The third-order valence-electron chi connectivity index (χ3n) is 3.91. The molecule has 2 heterocycles. The number of ether oxygens (including phenoxy) is 1. The zero-order valence-corrected chi connectivity index (χ0v) is 16.8. The summed E-state index contributed by atoms with van der Waals surface area (Å²) in [4.78, 5) is 28.1. The number of nitrogens with zero attached hydrogens (tertiary/aromatic N) is 2. The van der Waals surface area contributed by atoms with E-state index in [2.05, 4.69) is 4.99 Å². The number of carbonyl (C=O) groups excluding carboxylic acids is 1. The van der Waals surface area contributed by atoms with Gasteiger partial charge in [-0.25, -0.2) is 13.2 Å². The highest BCUT2D eigenvalue weighted by Gasteiger charge is 2.49. The summed E-state index contributed by atoms with van der Waals surface area (Å²) in [6.07, 6.45) is 0. The standard InChI is InChI=1S/C15H14Cl2N2O6S2/c16-8-1-2-10(9(17)3-8)19-11-6-27(23,24)7-12(11)26-15(19)18-13(20)4-25-5-14(21)22/h1-3,11-12H,4-7H2,(H,21,22)/t11-,12-/m1/s1. The van der Waals surface area contributed by atoms with Gasteiger partial charge in [0.2, 0.25) is 0 Å². The Hall–Kier alpha value is -1.33. The van der Waals surface area contributed by atoms with Crippen molar-refractivity contribution in [3.05, 3.63) is 28.2 Å². The Labute approximate surface area is 169 Å². The highest BCUT2D eigenvalue weighted by molar-refractivity contribution is 8.16. The van der Waals surface area contributed by atoms with Crippen molar-refractivity contribution in [2.24, 2.45) is 4.99 Å². The van der Waals surface area contributed by atoms with E-state index >= 15 is 0 Å². The Morgan fingerprint density at radius 1 is 1.30 bits per heavy atom. The summed E-state index contributed by atoms with van der Waals surface area (Å²) in [6, 6.07) is 4.36. The fraction of sp³-hybridized carbons (Fsp3) is 0.400. The highest BCUT2D eigenvalue weighted by atomic mass is 35.5. The van der Waals surface area contributed by atoms with Crippen LogP contribution in [0.5, 0.6) is 0 Å². The number of carboxylic acids is 1. The van der Waals surface area contributed by atoms with Crippen molar-refractivity contribution in [2.45, 2.75) is 11.3 Å². The first-order chi connectivity index (χ1) is 12.7. The Morgan fingerprint density at radius 2 is 2.04 bits per heavy atom. The largest absolute Gasteiger partial charge is 0.480 e. The second kappa shape index (κ2) is 7.96. The summed E-state index contributed by atoms with van der Waals surface area (Å²) in [5.41, 5.74) is 0.496. The van der Waals surface area contributed by atoms with Gasteiger partial charge in [-0.3, -0.25) is 4.79 Å². The molecular formula is C15H14Cl2N2O6S2. The zero-order chi connectivity index (χ0) is 19.8. The lowest BCUT2D eigenvalue weighted by Crippen LogP contribution is -2.38. The maximum Gasteiger partial charge on any atom is 0.329 e. The predicted molar refractivity (Wildman–Crippen MR) is 104 cm³/mol. The molecule has 146 valence electrons. The summed E-state index contributed by atoms with van der Waals surface area (Å²) < 4.78 is 28.8. The summed E-state index contributed by atoms with van der Waals surface area (Å²) in [5.74, 6) is -1.96. The van der Waals surface area contributed by atoms with E-state index in [1.165, 1.54) is 17.8 Å². The average Bonchev–Trinajstić information content (AvgIpc) is 2.98. The maximum absolute atomic E-state index is 12.0. The molecule has 0 unspecified atom stereocenters. The normalized spacial score (nSPS) is 25.0. The van der Waals surface area contributed by atoms with Crippen molar-refractivity contribution >= 4 is 67.5 Å². The topological polar surface area (TPSA) is 113 Å². The molecule has 12 heteroatoms. The SMILES string of the molecule is O=C(O)COCC(=O)N=C1S[C@@H]2CS(=O)(=O)C[C@H]2N1c1ccc(Cl)cc1Cl. The minimum atomic E-state index is -3.20. The summed E-state index contributed by atoms with van der Waals surface area (Å²) in [6.45, 7) is -1.11. The fourth-order valence-electron chi connectivity index (χ4n) is 2.89. The lowest BCUT2D eigenvalue weighted by molar-refractivity contribution is -0.143. The van der Waals surface area contributed by atoms with E-state index in [1.54, 1.807) is 17.0 Å². The lowest BCUT2D eigenvalue weighted by Gasteiger charge is -2.25. The molecule has 27 heavy (non-hydrogen) atoms. The minimum Gasteiger partial charge on any atom is -0.480 e. The van der Waals surface area contributed by atoms with Gasteiger partial charge in [-0.15, -0.1) is 0 Å². The van der Waals surface area contributed by atoms with E-state index < -0.39 is 41.0 Å². The third-order valence-corrected chi connectivity index (χ3v) is 7.65. The number of aliphatic carboxylic acids is 1. The van der Waals surface area contributed by atoms with E-state index in [4.69, 9.17) is 33.0 Å². The molecule has 2 atom stereocenters. The van der Waals surface area contributed by atoms with Gasteiger partial charge in [-0.2, -0.15) is 4.99 Å². The maximum atomic E-state index is 12.0. The van der Waals surface area contributed by atoms with Gasteiger partial charge in [0, 0.05) is 10.3 Å². The van der Waals surface area contributed by atoms with Gasteiger partial charge in [-0.1, -0.05) is 35.0 Å². The predicted octanol–water partition coefficient (Wildman–Crippen LogP) is 1.70. The molecule has 8 nitrogen and oxygen atoms in total. The molecule has 2 saturated heterocycles. The van der Waals surface area contributed by atoms with Crippen molar-refractivity contribution in [2.75, 3.05) is 29.6 Å². The number of carboxylic acid groups (broad SMARTS) is 1. The van der Waals surface area contributed by atoms with Crippen LogP contribution in [-0.4, -0.2) is 66.6 Å². The molecular weight excluding hydrogens is 439 g/mol. The molecule has 0 aliphatic carbocycles. The molecule has 2 aliphatic heterocycles. The molecule has 1 amide bonds. The van der Waals surface area contributed by atoms with Crippen LogP contribution >= 0.6 is 35.0 Å². The number of amides is 1. The van der Waals surface area contributed by atoms with Crippen LogP contribution in [0.3, 0.4) is 0 Å². The van der Waals surface area contributed by atoms with Gasteiger partial charge in [-0.05, 0) is 18.2 Å². The first kappa shape index (κ1) is 20.4. The Kier molecular flexibility index (Phi) is 6.02. The molecule has 1 aromatic rings. The van der Waals surface area contributed by atoms with Crippen molar-refractivity contribution in [3.8, 4) is 0 Å². The number of thioether (sulfide) groups is 1. The van der Waals surface area contributed by atoms with Crippen LogP contribution in [-0.2, 0) is 24.2 Å². The molecule has 1 N–H and O–H groups in total. The van der Waals surface area contributed by atoms with Crippen molar-refractivity contribution < 1.29 is 27.9 Å². The molecule has 0 spiro atoms. The Balaban J connectivity index is 1.89. The van der Waals surface area contributed by atoms with Gasteiger partial charge in [0.1, 0.15) is 13.2 Å². The van der Waals surface area contributed by atoms with E-state index in [0.717, 1.165) is 0 Å². The second-order valence-corrected chi connectivity index (χ2v) is 10.1. The molecule has 0 bridgehead atoms. The Morgan fingerprint density at radius 3 is 2.70 bits per heavy atom. The fourth-order valence-corrected chi connectivity index (χ4v) is 7.31. The van der Waals surface area contributed by atoms with Crippen molar-refractivity contribution in [1.82, 2.24) is 0 Å². The number of benzene rings is 1. The van der Waals surface area contributed by atoms with Crippen LogP contribution in [0, 0.1) is 0 Å². The van der Waals surface area contributed by atoms with Crippen molar-refractivity contribution in [1.29, 1.82) is 0 Å². The zero-order valence-electron chi connectivity index (χ0n) is 13.7. The average molecular weight is 453 g/mol. The number of hydrogen-bond donors (Lipinski definition) is 1. The lowest BCUT2D eigenvalue weighted by atomic mass is 10.2. The third kappa shape index (κ3) is 4.75. The van der Waals surface area contributed by atoms with Crippen LogP contribution < -0.4 is 4.90 Å². The van der Waals surface area contributed by atoms with Crippen LogP contribution in [0.25, 0.3) is 0 Å². The summed E-state index contributed by atoms with van der Waals surface area (Å²) in [5, 5.41) is 9.28. The van der Waals surface area contributed by atoms with Gasteiger partial charge >= 0.3 is 5.97 Å². The number of aliphatic imine (C=N–C) groups is 1. The first-order valence-corrected chi connectivity index (χ1v) is 11.1. The first-order valence-electron chi connectivity index (χ1n) is 7.69. The number of amidine groups is 1. The monoisotopic (exact) mass is 452 g/mol. The second-order valence-electron chi connectivity index (χ2n) is 5.94.